The molecule has 0 amide bonds. The zero-order valence-corrected chi connectivity index (χ0v) is 10.2. The van der Waals surface area contributed by atoms with E-state index in [0.29, 0.717) is 13.2 Å². The average Bonchev–Trinajstić information content (AvgIpc) is 2.84. The predicted octanol–water partition coefficient (Wildman–Crippen LogP) is 1.94. The maximum absolute atomic E-state index is 10.2. The van der Waals surface area contributed by atoms with E-state index >= 15 is 0 Å². The Morgan fingerprint density at radius 1 is 1.17 bits per heavy atom. The van der Waals surface area contributed by atoms with E-state index in [-0.39, 0.29) is 0 Å². The van der Waals surface area contributed by atoms with Crippen molar-refractivity contribution in [2.24, 2.45) is 0 Å². The SMILES string of the molecule is OC1(COc2cccc3ccccc23)CCNC1. The van der Waals surface area contributed by atoms with Gasteiger partial charge in [-0.1, -0.05) is 36.4 Å². The van der Waals surface area contributed by atoms with Crippen LogP contribution in [0.15, 0.2) is 42.5 Å². The molecule has 3 rings (SSSR count). The zero-order valence-electron chi connectivity index (χ0n) is 10.2. The van der Waals surface area contributed by atoms with Gasteiger partial charge in [0.2, 0.25) is 0 Å². The summed E-state index contributed by atoms with van der Waals surface area (Å²) < 4.78 is 5.82. The van der Waals surface area contributed by atoms with Crippen molar-refractivity contribution in [2.45, 2.75) is 12.0 Å². The van der Waals surface area contributed by atoms with Gasteiger partial charge in [0.1, 0.15) is 18.0 Å². The second kappa shape index (κ2) is 4.59. The van der Waals surface area contributed by atoms with Crippen molar-refractivity contribution in [3.8, 4) is 5.75 Å². The maximum atomic E-state index is 10.2. The van der Waals surface area contributed by atoms with Crippen molar-refractivity contribution in [3.63, 3.8) is 0 Å². The number of rotatable bonds is 3. The second-order valence-corrected chi connectivity index (χ2v) is 4.92. The average molecular weight is 243 g/mol. The van der Waals surface area contributed by atoms with Gasteiger partial charge in [-0.3, -0.25) is 0 Å². The van der Waals surface area contributed by atoms with Crippen LogP contribution in [0.3, 0.4) is 0 Å². The van der Waals surface area contributed by atoms with E-state index in [1.165, 1.54) is 0 Å². The Morgan fingerprint density at radius 3 is 2.83 bits per heavy atom. The van der Waals surface area contributed by atoms with Crippen LogP contribution < -0.4 is 10.1 Å². The molecule has 2 N–H and O–H groups in total. The minimum absolute atomic E-state index is 0.341. The normalized spacial score (nSPS) is 23.4. The summed E-state index contributed by atoms with van der Waals surface area (Å²) in [6, 6.07) is 14.1. The van der Waals surface area contributed by atoms with Gasteiger partial charge in [-0.15, -0.1) is 0 Å². The molecule has 0 radical (unpaired) electrons. The molecule has 0 saturated carbocycles. The molecule has 2 aromatic rings. The molecule has 1 heterocycles. The van der Waals surface area contributed by atoms with Gasteiger partial charge in [0.15, 0.2) is 0 Å². The first kappa shape index (κ1) is 11.5. The number of benzene rings is 2. The highest BCUT2D eigenvalue weighted by Gasteiger charge is 2.31. The molecule has 0 aromatic heterocycles. The molecule has 1 atom stereocenters. The van der Waals surface area contributed by atoms with E-state index in [1.807, 2.05) is 30.3 Å². The number of β-amino-alcohol motifs (C(OH)–C–C–N with tert-alkyl or cyclic N) is 1. The van der Waals surface area contributed by atoms with Gasteiger partial charge in [0, 0.05) is 11.9 Å². The lowest BCUT2D eigenvalue weighted by atomic mass is 10.1. The minimum atomic E-state index is -0.725. The molecular formula is C15H17NO2. The quantitative estimate of drug-likeness (QED) is 0.865. The number of fused-ring (bicyclic) bond motifs is 1. The summed E-state index contributed by atoms with van der Waals surface area (Å²) in [4.78, 5) is 0. The van der Waals surface area contributed by atoms with Crippen molar-refractivity contribution in [3.05, 3.63) is 42.5 Å². The molecule has 1 unspecified atom stereocenters. The summed E-state index contributed by atoms with van der Waals surface area (Å²) in [5.74, 6) is 0.841. The van der Waals surface area contributed by atoms with Crippen molar-refractivity contribution >= 4 is 10.8 Å². The number of ether oxygens (including phenoxy) is 1. The first-order valence-corrected chi connectivity index (χ1v) is 6.31. The fraction of sp³-hybridized carbons (Fsp3) is 0.333. The van der Waals surface area contributed by atoms with E-state index in [0.717, 1.165) is 29.5 Å². The smallest absolute Gasteiger partial charge is 0.127 e. The molecule has 3 heteroatoms. The third-order valence-electron chi connectivity index (χ3n) is 3.47. The highest BCUT2D eigenvalue weighted by atomic mass is 16.5. The summed E-state index contributed by atoms with van der Waals surface area (Å²) in [5, 5.41) is 15.6. The first-order chi connectivity index (χ1) is 8.77. The Balaban J connectivity index is 1.82. The predicted molar refractivity (Wildman–Crippen MR) is 71.9 cm³/mol. The molecule has 0 bridgehead atoms. The van der Waals surface area contributed by atoms with Crippen LogP contribution in [0, 0.1) is 0 Å². The van der Waals surface area contributed by atoms with Crippen LogP contribution in [0.4, 0.5) is 0 Å². The lowest BCUT2D eigenvalue weighted by Gasteiger charge is -2.22. The highest BCUT2D eigenvalue weighted by Crippen LogP contribution is 2.26. The Labute approximate surface area is 106 Å². The van der Waals surface area contributed by atoms with Crippen LogP contribution >= 0.6 is 0 Å². The Bertz CT molecular complexity index is 542. The van der Waals surface area contributed by atoms with Gasteiger partial charge in [0.25, 0.3) is 0 Å². The number of nitrogens with one attached hydrogen (secondary N) is 1. The number of hydrogen-bond donors (Lipinski definition) is 2. The first-order valence-electron chi connectivity index (χ1n) is 6.31. The summed E-state index contributed by atoms with van der Waals surface area (Å²) in [7, 11) is 0. The van der Waals surface area contributed by atoms with Gasteiger partial charge in [-0.2, -0.15) is 0 Å². The lowest BCUT2D eigenvalue weighted by Crippen LogP contribution is -2.38. The van der Waals surface area contributed by atoms with Crippen molar-refractivity contribution in [1.29, 1.82) is 0 Å². The largest absolute Gasteiger partial charge is 0.490 e. The minimum Gasteiger partial charge on any atom is -0.490 e. The Morgan fingerprint density at radius 2 is 2.00 bits per heavy atom. The molecule has 1 saturated heterocycles. The molecule has 94 valence electrons. The topological polar surface area (TPSA) is 41.5 Å². The van der Waals surface area contributed by atoms with Crippen LogP contribution in [-0.2, 0) is 0 Å². The standard InChI is InChI=1S/C15H17NO2/c17-15(8-9-16-10-15)11-18-14-7-3-5-12-4-1-2-6-13(12)14/h1-7,16-17H,8-11H2. The lowest BCUT2D eigenvalue weighted by molar-refractivity contribution is 0.0135. The molecule has 18 heavy (non-hydrogen) atoms. The van der Waals surface area contributed by atoms with Gasteiger partial charge >= 0.3 is 0 Å². The van der Waals surface area contributed by atoms with E-state index in [1.54, 1.807) is 0 Å². The molecular weight excluding hydrogens is 226 g/mol. The fourth-order valence-corrected chi connectivity index (χ4v) is 2.39. The molecule has 1 aliphatic heterocycles. The van der Waals surface area contributed by atoms with E-state index in [9.17, 15) is 5.11 Å². The fourth-order valence-electron chi connectivity index (χ4n) is 2.39. The number of aliphatic hydroxyl groups is 1. The molecule has 0 spiro atoms. The van der Waals surface area contributed by atoms with E-state index in [4.69, 9.17) is 4.74 Å². The van der Waals surface area contributed by atoms with Gasteiger partial charge in [-0.05, 0) is 24.4 Å². The van der Waals surface area contributed by atoms with Crippen LogP contribution in [0.2, 0.25) is 0 Å². The molecule has 1 fully saturated rings. The summed E-state index contributed by atoms with van der Waals surface area (Å²) in [6.45, 7) is 1.81. The molecule has 2 aromatic carbocycles. The summed E-state index contributed by atoms with van der Waals surface area (Å²) in [5.41, 5.74) is -0.725. The maximum Gasteiger partial charge on any atom is 0.127 e. The van der Waals surface area contributed by atoms with Crippen molar-refractivity contribution in [1.82, 2.24) is 5.32 Å². The van der Waals surface area contributed by atoms with E-state index < -0.39 is 5.60 Å². The third-order valence-corrected chi connectivity index (χ3v) is 3.47. The summed E-state index contributed by atoms with van der Waals surface area (Å²) >= 11 is 0. The van der Waals surface area contributed by atoms with Crippen molar-refractivity contribution < 1.29 is 9.84 Å². The molecule has 1 aliphatic rings. The molecule has 0 aliphatic carbocycles. The van der Waals surface area contributed by atoms with E-state index in [2.05, 4.69) is 17.4 Å². The summed E-state index contributed by atoms with van der Waals surface area (Å²) in [6.07, 6.45) is 0.748. The highest BCUT2D eigenvalue weighted by molar-refractivity contribution is 5.88. The van der Waals surface area contributed by atoms with Gasteiger partial charge in [-0.25, -0.2) is 0 Å². The van der Waals surface area contributed by atoms with Crippen LogP contribution in [-0.4, -0.2) is 30.4 Å². The monoisotopic (exact) mass is 243 g/mol. The van der Waals surface area contributed by atoms with Crippen LogP contribution in [0.25, 0.3) is 10.8 Å². The van der Waals surface area contributed by atoms with Gasteiger partial charge in [0.05, 0.1) is 0 Å². The second-order valence-electron chi connectivity index (χ2n) is 4.92. The third kappa shape index (κ3) is 2.19. The van der Waals surface area contributed by atoms with Crippen LogP contribution in [0.5, 0.6) is 5.75 Å². The number of hydrogen-bond acceptors (Lipinski definition) is 3. The molecule has 3 nitrogen and oxygen atoms in total. The Hall–Kier alpha value is -1.58. The van der Waals surface area contributed by atoms with Gasteiger partial charge < -0.3 is 15.2 Å². The van der Waals surface area contributed by atoms with Crippen molar-refractivity contribution in [2.75, 3.05) is 19.7 Å². The van der Waals surface area contributed by atoms with Crippen LogP contribution in [0.1, 0.15) is 6.42 Å². The zero-order chi connectivity index (χ0) is 12.4. The Kier molecular flexibility index (Phi) is 2.94.